The lowest BCUT2D eigenvalue weighted by molar-refractivity contribution is -0.153. The van der Waals surface area contributed by atoms with Gasteiger partial charge in [0.15, 0.2) is 0 Å². The predicted octanol–water partition coefficient (Wildman–Crippen LogP) is 5.06. The van der Waals surface area contributed by atoms with Gasteiger partial charge in [0.25, 0.3) is 0 Å². The molecule has 4 heteroatoms. The summed E-state index contributed by atoms with van der Waals surface area (Å²) in [5.41, 5.74) is 0.463. The van der Waals surface area contributed by atoms with Gasteiger partial charge < -0.3 is 9.47 Å². The van der Waals surface area contributed by atoms with Crippen LogP contribution in [-0.4, -0.2) is 24.1 Å². The fraction of sp³-hybridized carbons (Fsp3) is 0.833. The van der Waals surface area contributed by atoms with Gasteiger partial charge in [-0.2, -0.15) is 0 Å². The smallest absolute Gasteiger partial charge is 0.331 e. The molecule has 6 atom stereocenters. The van der Waals surface area contributed by atoms with E-state index in [1.54, 1.807) is 0 Å². The van der Waals surface area contributed by atoms with Crippen LogP contribution in [0.4, 0.5) is 0 Å². The first-order valence-corrected chi connectivity index (χ1v) is 11.0. The third-order valence-corrected chi connectivity index (χ3v) is 10.3. The van der Waals surface area contributed by atoms with E-state index in [0.29, 0.717) is 11.8 Å². The van der Waals surface area contributed by atoms with Gasteiger partial charge in [0, 0.05) is 23.0 Å². The first-order valence-electron chi connectivity index (χ1n) is 11.0. The van der Waals surface area contributed by atoms with E-state index in [0.717, 1.165) is 25.7 Å². The van der Waals surface area contributed by atoms with Crippen LogP contribution in [0.15, 0.2) is 12.2 Å². The Hall–Kier alpha value is -1.32. The van der Waals surface area contributed by atoms with Crippen molar-refractivity contribution in [3.05, 3.63) is 12.2 Å². The number of carbonyl (C=O) groups excluding carboxylic acids is 2. The number of fused-ring (bicyclic) bond motifs is 4. The number of hydrogen-bond donors (Lipinski definition) is 0. The quantitative estimate of drug-likeness (QED) is 0.499. The second kappa shape index (κ2) is 6.09. The second-order valence-electron chi connectivity index (χ2n) is 11.4. The van der Waals surface area contributed by atoms with Crippen LogP contribution in [0.1, 0.15) is 80.1 Å². The predicted molar refractivity (Wildman–Crippen MR) is 107 cm³/mol. The fourth-order valence-corrected chi connectivity index (χ4v) is 7.11. The minimum atomic E-state index is -0.425. The summed E-state index contributed by atoms with van der Waals surface area (Å²) in [5, 5.41) is 0. The van der Waals surface area contributed by atoms with Crippen molar-refractivity contribution in [3.63, 3.8) is 0 Å². The molecule has 0 N–H and O–H groups in total. The van der Waals surface area contributed by atoms with Crippen LogP contribution in [-0.2, 0) is 19.1 Å². The lowest BCUT2D eigenvalue weighted by Gasteiger charge is -2.38. The van der Waals surface area contributed by atoms with Crippen molar-refractivity contribution in [2.75, 3.05) is 0 Å². The van der Waals surface area contributed by atoms with Crippen molar-refractivity contribution in [3.8, 4) is 0 Å². The monoisotopic (exact) mass is 388 g/mol. The van der Waals surface area contributed by atoms with Crippen LogP contribution in [0.25, 0.3) is 0 Å². The molecule has 4 fully saturated rings. The Morgan fingerprint density at radius 2 is 1.07 bits per heavy atom. The molecule has 0 aromatic carbocycles. The van der Waals surface area contributed by atoms with E-state index in [9.17, 15) is 9.59 Å². The third-order valence-electron chi connectivity index (χ3n) is 10.3. The van der Waals surface area contributed by atoms with Crippen LogP contribution in [0, 0.1) is 33.5 Å². The molecule has 4 aliphatic carbocycles. The molecule has 156 valence electrons. The molecule has 4 aliphatic rings. The van der Waals surface area contributed by atoms with Crippen LogP contribution in [0.5, 0.6) is 0 Å². The largest absolute Gasteiger partial charge is 0.459 e. The van der Waals surface area contributed by atoms with Gasteiger partial charge >= 0.3 is 11.9 Å². The number of rotatable bonds is 4. The molecule has 0 spiro atoms. The molecule has 28 heavy (non-hydrogen) atoms. The fourth-order valence-electron chi connectivity index (χ4n) is 7.11. The van der Waals surface area contributed by atoms with Gasteiger partial charge in [0.1, 0.15) is 12.2 Å². The van der Waals surface area contributed by atoms with Gasteiger partial charge in [0.05, 0.1) is 0 Å². The zero-order valence-electron chi connectivity index (χ0n) is 18.3. The average Bonchev–Trinajstić information content (AvgIpc) is 3.12. The van der Waals surface area contributed by atoms with Gasteiger partial charge in [-0.15, -0.1) is 0 Å². The molecule has 4 bridgehead atoms. The first kappa shape index (κ1) is 20.0. The second-order valence-corrected chi connectivity index (χ2v) is 11.4. The molecule has 0 aliphatic heterocycles. The van der Waals surface area contributed by atoms with Crippen molar-refractivity contribution in [2.45, 2.75) is 92.3 Å². The summed E-state index contributed by atoms with van der Waals surface area (Å²) in [6, 6.07) is 0. The van der Waals surface area contributed by atoms with Gasteiger partial charge in [-0.3, -0.25) is 0 Å². The standard InChI is InChI=1S/C24H36O4/c1-21(2)15-9-11-23(21,5)17(13-15)27-19(25)7-8-20(26)28-18-14-16-10-12-24(18,6)22(16,3)4/h7-8,15-18H,9-14H2,1-6H3/b8-7+/t15-,16-,17+,18+,23-,24-/m1/s1. The molecule has 0 radical (unpaired) electrons. The lowest BCUT2D eigenvalue weighted by Crippen LogP contribution is -2.38. The van der Waals surface area contributed by atoms with Crippen molar-refractivity contribution >= 4 is 11.9 Å². The Morgan fingerprint density at radius 1 is 0.714 bits per heavy atom. The summed E-state index contributed by atoms with van der Waals surface area (Å²) >= 11 is 0. The molecule has 0 aromatic rings. The van der Waals surface area contributed by atoms with E-state index in [1.165, 1.54) is 25.0 Å². The molecule has 0 saturated heterocycles. The number of hydrogen-bond acceptors (Lipinski definition) is 4. The number of esters is 2. The molecule has 0 unspecified atom stereocenters. The summed E-state index contributed by atoms with van der Waals surface area (Å²) in [4.78, 5) is 24.7. The Balaban J connectivity index is 1.33. The van der Waals surface area contributed by atoms with Crippen LogP contribution in [0.3, 0.4) is 0 Å². The molecule has 0 amide bonds. The Morgan fingerprint density at radius 3 is 1.32 bits per heavy atom. The maximum atomic E-state index is 12.3. The molecule has 4 rings (SSSR count). The zero-order chi connectivity index (χ0) is 20.5. The van der Waals surface area contributed by atoms with E-state index < -0.39 is 11.9 Å². The summed E-state index contributed by atoms with van der Waals surface area (Å²) in [6.07, 6.45) is 8.91. The Kier molecular flexibility index (Phi) is 4.34. The van der Waals surface area contributed by atoms with Crippen LogP contribution in [0.2, 0.25) is 0 Å². The Labute approximate surface area is 169 Å². The minimum Gasteiger partial charge on any atom is -0.459 e. The van der Waals surface area contributed by atoms with Gasteiger partial charge in [0.2, 0.25) is 0 Å². The first-order chi connectivity index (χ1) is 12.9. The molecular weight excluding hydrogens is 352 g/mol. The summed E-state index contributed by atoms with van der Waals surface area (Å²) in [5.74, 6) is 0.384. The van der Waals surface area contributed by atoms with E-state index in [1.807, 2.05) is 0 Å². The highest BCUT2D eigenvalue weighted by atomic mass is 16.6. The van der Waals surface area contributed by atoms with Crippen LogP contribution < -0.4 is 0 Å². The molecule has 4 saturated carbocycles. The normalized spacial score (nSPS) is 44.9. The summed E-state index contributed by atoms with van der Waals surface area (Å²) in [6.45, 7) is 13.7. The van der Waals surface area contributed by atoms with E-state index in [2.05, 4.69) is 41.5 Å². The summed E-state index contributed by atoms with van der Waals surface area (Å²) in [7, 11) is 0. The van der Waals surface area contributed by atoms with Crippen LogP contribution >= 0.6 is 0 Å². The highest BCUT2D eigenvalue weighted by Crippen LogP contribution is 2.67. The minimum absolute atomic E-state index is 0.0327. The summed E-state index contributed by atoms with van der Waals surface area (Å²) < 4.78 is 11.5. The molecule has 4 nitrogen and oxygen atoms in total. The highest BCUT2D eigenvalue weighted by molar-refractivity contribution is 5.91. The van der Waals surface area contributed by atoms with E-state index >= 15 is 0 Å². The average molecular weight is 389 g/mol. The number of carbonyl (C=O) groups is 2. The molecule has 0 heterocycles. The molecule has 0 aromatic heterocycles. The third kappa shape index (κ3) is 2.55. The SMILES string of the molecule is CC1(C)[C@@H]2CC[C@]1(C)[C@@H](OC(=O)/C=C/C(=O)O[C@H]1C[C@H]3CC[C@@]1(C)C3(C)C)C2. The maximum absolute atomic E-state index is 12.3. The van der Waals surface area contributed by atoms with Crippen molar-refractivity contribution in [2.24, 2.45) is 33.5 Å². The highest BCUT2D eigenvalue weighted by Gasteiger charge is 2.63. The van der Waals surface area contributed by atoms with E-state index in [4.69, 9.17) is 9.47 Å². The maximum Gasteiger partial charge on any atom is 0.331 e. The Bertz CT molecular complexity index is 660. The zero-order valence-corrected chi connectivity index (χ0v) is 18.3. The van der Waals surface area contributed by atoms with Gasteiger partial charge in [-0.25, -0.2) is 9.59 Å². The van der Waals surface area contributed by atoms with Gasteiger partial charge in [-0.05, 0) is 61.2 Å². The molecular formula is C24H36O4. The van der Waals surface area contributed by atoms with Crippen molar-refractivity contribution in [1.82, 2.24) is 0 Å². The van der Waals surface area contributed by atoms with Crippen molar-refractivity contribution < 1.29 is 19.1 Å². The van der Waals surface area contributed by atoms with E-state index in [-0.39, 0.29) is 33.9 Å². The lowest BCUT2D eigenvalue weighted by atomic mass is 9.70. The van der Waals surface area contributed by atoms with Gasteiger partial charge in [-0.1, -0.05) is 41.5 Å². The number of ether oxygens (including phenoxy) is 2. The van der Waals surface area contributed by atoms with Crippen molar-refractivity contribution in [1.29, 1.82) is 0 Å². The topological polar surface area (TPSA) is 52.6 Å².